The van der Waals surface area contributed by atoms with Gasteiger partial charge in [-0.3, -0.25) is 4.79 Å². The minimum Gasteiger partial charge on any atom is -0.489 e. The highest BCUT2D eigenvalue weighted by Gasteiger charge is 2.54. The van der Waals surface area contributed by atoms with E-state index < -0.39 is 18.3 Å². The van der Waals surface area contributed by atoms with E-state index in [0.717, 1.165) is 16.9 Å². The van der Waals surface area contributed by atoms with E-state index in [1.807, 2.05) is 82.3 Å². The highest BCUT2D eigenvalue weighted by molar-refractivity contribution is 6.48. The molecule has 1 unspecified atom stereocenters. The van der Waals surface area contributed by atoms with Gasteiger partial charge in [-0.2, -0.15) is 0 Å². The lowest BCUT2D eigenvalue weighted by Gasteiger charge is -2.32. The number of carbonyl (C=O) groups is 1. The lowest BCUT2D eigenvalue weighted by atomic mass is 9.66. The van der Waals surface area contributed by atoms with Crippen LogP contribution in [0.1, 0.15) is 58.0 Å². The Morgan fingerprint density at radius 3 is 2.30 bits per heavy atom. The molecule has 0 aliphatic carbocycles. The predicted molar refractivity (Wildman–Crippen MR) is 117 cm³/mol. The Balaban J connectivity index is 1.81. The number of esters is 1. The monoisotopic (exact) mass is 410 g/mol. The molecule has 30 heavy (non-hydrogen) atoms. The summed E-state index contributed by atoms with van der Waals surface area (Å²) in [7, 11) is -0.552. The van der Waals surface area contributed by atoms with E-state index in [1.165, 1.54) is 0 Å². The summed E-state index contributed by atoms with van der Waals surface area (Å²) in [4.78, 5) is 12.3. The van der Waals surface area contributed by atoms with Crippen molar-refractivity contribution >= 4 is 13.1 Å². The zero-order valence-corrected chi connectivity index (χ0v) is 18.5. The van der Waals surface area contributed by atoms with Crippen LogP contribution in [0.15, 0.2) is 54.6 Å². The molecule has 6 heteroatoms. The minimum atomic E-state index is -0.552. The average Bonchev–Trinajstić information content (AvgIpc) is 2.93. The summed E-state index contributed by atoms with van der Waals surface area (Å²) in [5.41, 5.74) is 1.06. The molecule has 1 heterocycles. The van der Waals surface area contributed by atoms with Crippen LogP contribution < -0.4 is 4.74 Å². The Morgan fingerprint density at radius 2 is 1.67 bits per heavy atom. The van der Waals surface area contributed by atoms with Crippen LogP contribution in [-0.4, -0.2) is 30.9 Å². The first-order valence-corrected chi connectivity index (χ1v) is 10.5. The van der Waals surface area contributed by atoms with Crippen LogP contribution in [0.25, 0.3) is 0 Å². The van der Waals surface area contributed by atoms with Crippen molar-refractivity contribution in [2.75, 3.05) is 6.61 Å². The van der Waals surface area contributed by atoms with Crippen molar-refractivity contribution in [1.82, 2.24) is 0 Å². The largest absolute Gasteiger partial charge is 0.489 e. The molecular formula is C24H31BO5. The summed E-state index contributed by atoms with van der Waals surface area (Å²) in [5, 5.41) is 0. The van der Waals surface area contributed by atoms with Gasteiger partial charge < -0.3 is 18.8 Å². The van der Waals surface area contributed by atoms with Gasteiger partial charge >= 0.3 is 13.1 Å². The van der Waals surface area contributed by atoms with Crippen molar-refractivity contribution in [2.24, 2.45) is 0 Å². The normalized spacial score (nSPS) is 18.1. The number of hydrogen-bond donors (Lipinski definition) is 0. The number of carbonyl (C=O) groups excluding carboxylic acids is 1. The minimum absolute atomic E-state index is 0.173. The number of hydrogen-bond acceptors (Lipinski definition) is 5. The Bertz CT molecular complexity index is 834. The summed E-state index contributed by atoms with van der Waals surface area (Å²) in [5.74, 6) is 0.167. The van der Waals surface area contributed by atoms with Crippen molar-refractivity contribution in [3.63, 3.8) is 0 Å². The van der Waals surface area contributed by atoms with Gasteiger partial charge in [0, 0.05) is 5.82 Å². The van der Waals surface area contributed by atoms with Gasteiger partial charge in [-0.1, -0.05) is 42.5 Å². The molecule has 0 radical (unpaired) electrons. The van der Waals surface area contributed by atoms with Crippen molar-refractivity contribution < 1.29 is 23.6 Å². The van der Waals surface area contributed by atoms with E-state index >= 15 is 0 Å². The summed E-state index contributed by atoms with van der Waals surface area (Å²) in [6, 6.07) is 17.8. The van der Waals surface area contributed by atoms with Gasteiger partial charge in [0.25, 0.3) is 0 Å². The molecule has 0 bridgehead atoms. The van der Waals surface area contributed by atoms with Crippen molar-refractivity contribution in [3.05, 3.63) is 65.7 Å². The second kappa shape index (κ2) is 9.23. The van der Waals surface area contributed by atoms with Gasteiger partial charge in [-0.15, -0.1) is 0 Å². The van der Waals surface area contributed by atoms with Gasteiger partial charge in [0.1, 0.15) is 12.4 Å². The standard InChI is InChI=1S/C24H31BO5/c1-6-27-22(26)16-21(25-29-23(2,3)24(4,5)30-25)19-13-10-14-20(15-19)28-17-18-11-8-7-9-12-18/h7-15,21H,6,16-17H2,1-5H3. The topological polar surface area (TPSA) is 54.0 Å². The van der Waals surface area contributed by atoms with Crippen LogP contribution in [0.5, 0.6) is 5.75 Å². The van der Waals surface area contributed by atoms with Gasteiger partial charge in [0.05, 0.1) is 24.2 Å². The smallest absolute Gasteiger partial charge is 0.466 e. The van der Waals surface area contributed by atoms with Crippen LogP contribution >= 0.6 is 0 Å². The van der Waals surface area contributed by atoms with E-state index in [4.69, 9.17) is 18.8 Å². The second-order valence-electron chi connectivity index (χ2n) is 8.59. The quantitative estimate of drug-likeness (QED) is 0.456. The lowest BCUT2D eigenvalue weighted by molar-refractivity contribution is -0.143. The zero-order valence-electron chi connectivity index (χ0n) is 18.5. The Hall–Kier alpha value is -2.31. The first kappa shape index (κ1) is 22.4. The molecule has 3 rings (SSSR count). The second-order valence-corrected chi connectivity index (χ2v) is 8.59. The molecular weight excluding hydrogens is 379 g/mol. The van der Waals surface area contributed by atoms with E-state index in [2.05, 4.69) is 0 Å². The van der Waals surface area contributed by atoms with E-state index in [9.17, 15) is 4.79 Å². The molecule has 1 aliphatic heterocycles. The Morgan fingerprint density at radius 1 is 1.00 bits per heavy atom. The molecule has 1 fully saturated rings. The Kier molecular flexibility index (Phi) is 6.89. The van der Waals surface area contributed by atoms with Gasteiger partial charge in [-0.25, -0.2) is 0 Å². The maximum Gasteiger partial charge on any atom is 0.466 e. The van der Waals surface area contributed by atoms with E-state index in [0.29, 0.717) is 13.2 Å². The molecule has 5 nitrogen and oxygen atoms in total. The third-order valence-electron chi connectivity index (χ3n) is 5.83. The van der Waals surface area contributed by atoms with E-state index in [1.54, 1.807) is 6.92 Å². The number of benzene rings is 2. The fourth-order valence-electron chi connectivity index (χ4n) is 3.40. The molecule has 0 spiro atoms. The summed E-state index contributed by atoms with van der Waals surface area (Å²) < 4.78 is 23.7. The van der Waals surface area contributed by atoms with Crippen LogP contribution in [0.4, 0.5) is 0 Å². The molecule has 2 aromatic rings. The van der Waals surface area contributed by atoms with Crippen molar-refractivity contribution in [3.8, 4) is 5.75 Å². The maximum atomic E-state index is 12.3. The molecule has 1 atom stereocenters. The third kappa shape index (κ3) is 5.24. The van der Waals surface area contributed by atoms with E-state index in [-0.39, 0.29) is 18.2 Å². The molecule has 0 N–H and O–H groups in total. The SMILES string of the molecule is CCOC(=O)CC(B1OC(C)(C)C(C)(C)O1)c1cccc(OCc2ccccc2)c1. The van der Waals surface area contributed by atoms with Gasteiger partial charge in [0.15, 0.2) is 0 Å². The molecule has 0 amide bonds. The first-order valence-electron chi connectivity index (χ1n) is 10.5. The molecule has 1 aliphatic rings. The maximum absolute atomic E-state index is 12.3. The van der Waals surface area contributed by atoms with Gasteiger partial charge in [0.2, 0.25) is 0 Å². The summed E-state index contributed by atoms with van der Waals surface area (Å²) in [6.07, 6.45) is 0.173. The highest BCUT2D eigenvalue weighted by atomic mass is 16.7. The molecule has 1 saturated heterocycles. The molecule has 160 valence electrons. The van der Waals surface area contributed by atoms with Crippen LogP contribution in [0.2, 0.25) is 0 Å². The third-order valence-corrected chi connectivity index (χ3v) is 5.83. The lowest BCUT2D eigenvalue weighted by Crippen LogP contribution is -2.41. The average molecular weight is 410 g/mol. The van der Waals surface area contributed by atoms with Crippen molar-refractivity contribution in [2.45, 2.75) is 64.7 Å². The molecule has 2 aromatic carbocycles. The summed E-state index contributed by atoms with van der Waals surface area (Å²) >= 11 is 0. The predicted octanol–water partition coefficient (Wildman–Crippen LogP) is 4.93. The van der Waals surface area contributed by atoms with Gasteiger partial charge in [-0.05, 0) is 57.9 Å². The van der Waals surface area contributed by atoms with Crippen molar-refractivity contribution in [1.29, 1.82) is 0 Å². The number of rotatable bonds is 8. The number of ether oxygens (including phenoxy) is 2. The van der Waals surface area contributed by atoms with Crippen LogP contribution in [-0.2, 0) is 25.4 Å². The summed E-state index contributed by atoms with van der Waals surface area (Å²) in [6.45, 7) is 10.7. The first-order chi connectivity index (χ1) is 14.2. The highest BCUT2D eigenvalue weighted by Crippen LogP contribution is 2.42. The molecule has 0 saturated carbocycles. The van der Waals surface area contributed by atoms with Crippen LogP contribution in [0, 0.1) is 0 Å². The zero-order chi connectivity index (χ0) is 21.8. The van der Waals surface area contributed by atoms with Crippen LogP contribution in [0.3, 0.4) is 0 Å². The molecule has 0 aromatic heterocycles. The fraction of sp³-hybridized carbons (Fsp3) is 0.458. The Labute approximate surface area is 179 Å². The fourth-order valence-corrected chi connectivity index (χ4v) is 3.40.